The van der Waals surface area contributed by atoms with E-state index >= 15 is 0 Å². The van der Waals surface area contributed by atoms with Crippen molar-refractivity contribution >= 4 is 0 Å². The molecule has 0 bridgehead atoms. The number of hydrogen-bond acceptors (Lipinski definition) is 1. The van der Waals surface area contributed by atoms with Gasteiger partial charge in [-0.3, -0.25) is 0 Å². The third-order valence-electron chi connectivity index (χ3n) is 6.84. The summed E-state index contributed by atoms with van der Waals surface area (Å²) in [7, 11) is 2.11. The van der Waals surface area contributed by atoms with Gasteiger partial charge in [0, 0.05) is 6.54 Å². The molecule has 0 aromatic rings. The molecule has 0 aromatic heterocycles. The molecule has 1 saturated carbocycles. The van der Waals surface area contributed by atoms with Crippen molar-refractivity contribution in [3.05, 3.63) is 23.3 Å². The Morgan fingerprint density at radius 3 is 2.33 bits per heavy atom. The van der Waals surface area contributed by atoms with E-state index in [1.165, 1.54) is 32.1 Å². The molecule has 3 unspecified atom stereocenters. The van der Waals surface area contributed by atoms with Crippen LogP contribution in [0.25, 0.3) is 0 Å². The van der Waals surface area contributed by atoms with Gasteiger partial charge in [0.25, 0.3) is 0 Å². The Balaban J connectivity index is 2.54. The summed E-state index contributed by atoms with van der Waals surface area (Å²) < 4.78 is 0. The van der Waals surface area contributed by atoms with Crippen molar-refractivity contribution in [1.29, 1.82) is 0 Å². The first-order valence-corrected chi connectivity index (χ1v) is 8.95. The lowest BCUT2D eigenvalue weighted by Gasteiger charge is -2.51. The molecule has 1 heteroatoms. The van der Waals surface area contributed by atoms with Crippen LogP contribution in [0.5, 0.6) is 0 Å². The van der Waals surface area contributed by atoms with Crippen LogP contribution in [0.1, 0.15) is 66.7 Å². The molecule has 120 valence electrons. The first-order valence-electron chi connectivity index (χ1n) is 8.95. The monoisotopic (exact) mass is 289 g/mol. The third kappa shape index (κ3) is 2.63. The first kappa shape index (κ1) is 16.8. The molecule has 1 spiro atoms. The molecule has 2 aliphatic carbocycles. The molecule has 2 rings (SSSR count). The molecular formula is C20H35N. The molecule has 0 radical (unpaired) electrons. The van der Waals surface area contributed by atoms with E-state index in [1.807, 2.05) is 0 Å². The molecule has 21 heavy (non-hydrogen) atoms. The van der Waals surface area contributed by atoms with Crippen LogP contribution in [0, 0.1) is 22.7 Å². The van der Waals surface area contributed by atoms with Crippen molar-refractivity contribution in [3.63, 3.8) is 0 Å². The van der Waals surface area contributed by atoms with Crippen LogP contribution in [-0.2, 0) is 0 Å². The van der Waals surface area contributed by atoms with Gasteiger partial charge in [-0.25, -0.2) is 0 Å². The highest BCUT2D eigenvalue weighted by Gasteiger charge is 2.52. The van der Waals surface area contributed by atoms with Crippen molar-refractivity contribution in [1.82, 2.24) is 5.32 Å². The lowest BCUT2D eigenvalue weighted by atomic mass is 9.53. The van der Waals surface area contributed by atoms with Crippen molar-refractivity contribution in [3.8, 4) is 0 Å². The number of hydrogen-bond donors (Lipinski definition) is 1. The molecular weight excluding hydrogens is 254 g/mol. The zero-order valence-electron chi connectivity index (χ0n) is 15.1. The minimum Gasteiger partial charge on any atom is -0.319 e. The van der Waals surface area contributed by atoms with Gasteiger partial charge in [0.05, 0.1) is 0 Å². The Morgan fingerprint density at radius 1 is 1.24 bits per heavy atom. The van der Waals surface area contributed by atoms with Crippen LogP contribution in [0.2, 0.25) is 0 Å². The predicted octanol–water partition coefficient (Wildman–Crippen LogP) is 5.34. The van der Waals surface area contributed by atoms with Gasteiger partial charge in [0.2, 0.25) is 0 Å². The van der Waals surface area contributed by atoms with Gasteiger partial charge in [-0.2, -0.15) is 0 Å². The summed E-state index contributed by atoms with van der Waals surface area (Å²) in [6.45, 7) is 13.2. The molecule has 0 aliphatic heterocycles. The van der Waals surface area contributed by atoms with Gasteiger partial charge in [0.1, 0.15) is 0 Å². The molecule has 0 heterocycles. The molecule has 0 saturated heterocycles. The predicted molar refractivity (Wildman–Crippen MR) is 93.4 cm³/mol. The highest BCUT2D eigenvalue weighted by Crippen LogP contribution is 2.61. The van der Waals surface area contributed by atoms with E-state index in [0.29, 0.717) is 10.8 Å². The lowest BCUT2D eigenvalue weighted by molar-refractivity contribution is 0.0265. The minimum atomic E-state index is 0.380. The molecule has 1 nitrogen and oxygen atoms in total. The summed E-state index contributed by atoms with van der Waals surface area (Å²) in [6.07, 6.45) is 11.4. The standard InChI is InChI=1S/C20H35N/c1-7-10-18-17(8-2)13-19(5,14-21-6)15(3)16(4)20(18)11-9-12-20/h7,10,15-16,21H,8-9,11-14H2,1-6H3. The van der Waals surface area contributed by atoms with E-state index in [4.69, 9.17) is 0 Å². The van der Waals surface area contributed by atoms with Gasteiger partial charge in [-0.15, -0.1) is 0 Å². The van der Waals surface area contributed by atoms with Crippen LogP contribution in [0.4, 0.5) is 0 Å². The summed E-state index contributed by atoms with van der Waals surface area (Å²) in [5.74, 6) is 1.54. The minimum absolute atomic E-state index is 0.380. The van der Waals surface area contributed by atoms with Gasteiger partial charge >= 0.3 is 0 Å². The van der Waals surface area contributed by atoms with Crippen LogP contribution in [0.15, 0.2) is 23.3 Å². The average Bonchev–Trinajstić information content (AvgIpc) is 2.47. The second-order valence-electron chi connectivity index (χ2n) is 7.82. The van der Waals surface area contributed by atoms with Gasteiger partial charge < -0.3 is 5.32 Å². The van der Waals surface area contributed by atoms with Gasteiger partial charge in [-0.05, 0) is 67.9 Å². The van der Waals surface area contributed by atoms with E-state index in [-0.39, 0.29) is 0 Å². The van der Waals surface area contributed by atoms with E-state index in [9.17, 15) is 0 Å². The van der Waals surface area contributed by atoms with Crippen LogP contribution in [-0.4, -0.2) is 13.6 Å². The normalized spacial score (nSPS) is 36.1. The number of allylic oxidation sites excluding steroid dienone is 4. The SMILES string of the molecule is CC=CC1=C(CC)CC(C)(CNC)C(C)C(C)C12CCC2. The summed E-state index contributed by atoms with van der Waals surface area (Å²) >= 11 is 0. The smallest absolute Gasteiger partial charge is 0.000789 e. The number of nitrogens with one attached hydrogen (secondary N) is 1. The Labute approximate surface area is 132 Å². The van der Waals surface area contributed by atoms with Crippen LogP contribution in [0.3, 0.4) is 0 Å². The molecule has 0 aromatic carbocycles. The van der Waals surface area contributed by atoms with Gasteiger partial charge in [-0.1, -0.05) is 51.8 Å². The maximum absolute atomic E-state index is 3.47. The summed E-state index contributed by atoms with van der Waals surface area (Å²) in [4.78, 5) is 0. The maximum atomic E-state index is 3.47. The topological polar surface area (TPSA) is 12.0 Å². The van der Waals surface area contributed by atoms with Crippen molar-refractivity contribution in [2.24, 2.45) is 22.7 Å². The second-order valence-corrected chi connectivity index (χ2v) is 7.82. The molecule has 0 amide bonds. The number of rotatable bonds is 4. The Kier molecular flexibility index (Phi) is 5.03. The second kappa shape index (κ2) is 6.28. The fourth-order valence-corrected chi connectivity index (χ4v) is 5.10. The fourth-order valence-electron chi connectivity index (χ4n) is 5.10. The molecule has 1 fully saturated rings. The van der Waals surface area contributed by atoms with Crippen LogP contribution >= 0.6 is 0 Å². The Bertz CT molecular complexity index is 427. The largest absolute Gasteiger partial charge is 0.319 e. The van der Waals surface area contributed by atoms with Crippen molar-refractivity contribution < 1.29 is 0 Å². The van der Waals surface area contributed by atoms with Crippen LogP contribution < -0.4 is 5.32 Å². The lowest BCUT2D eigenvalue weighted by Crippen LogP contribution is -2.45. The highest BCUT2D eigenvalue weighted by molar-refractivity contribution is 5.37. The first-order chi connectivity index (χ1) is 9.95. The summed E-state index contributed by atoms with van der Waals surface area (Å²) in [5.41, 5.74) is 4.29. The Hall–Kier alpha value is -0.560. The van der Waals surface area contributed by atoms with E-state index in [1.54, 1.807) is 11.1 Å². The zero-order valence-corrected chi connectivity index (χ0v) is 15.1. The molecule has 3 atom stereocenters. The Morgan fingerprint density at radius 2 is 1.90 bits per heavy atom. The average molecular weight is 290 g/mol. The quantitative estimate of drug-likeness (QED) is 0.736. The fraction of sp³-hybridized carbons (Fsp3) is 0.800. The molecule has 2 aliphatic rings. The zero-order chi connectivity index (χ0) is 15.7. The third-order valence-corrected chi connectivity index (χ3v) is 6.84. The van der Waals surface area contributed by atoms with Crippen molar-refractivity contribution in [2.45, 2.75) is 66.7 Å². The van der Waals surface area contributed by atoms with E-state index < -0.39 is 0 Å². The summed E-state index contributed by atoms with van der Waals surface area (Å²) in [6, 6.07) is 0. The molecule has 1 N–H and O–H groups in total. The van der Waals surface area contributed by atoms with Crippen molar-refractivity contribution in [2.75, 3.05) is 13.6 Å². The van der Waals surface area contributed by atoms with Gasteiger partial charge in [0.15, 0.2) is 0 Å². The maximum Gasteiger partial charge on any atom is 0.000789 e. The summed E-state index contributed by atoms with van der Waals surface area (Å²) in [5, 5.41) is 3.47. The van der Waals surface area contributed by atoms with E-state index in [0.717, 1.165) is 18.4 Å². The van der Waals surface area contributed by atoms with E-state index in [2.05, 4.69) is 59.1 Å². The highest BCUT2D eigenvalue weighted by atomic mass is 14.8.